The maximum Gasteiger partial charge on any atom is 0.257 e. The van der Waals surface area contributed by atoms with E-state index in [0.717, 1.165) is 95.7 Å². The predicted octanol–water partition coefficient (Wildman–Crippen LogP) is 15.3. The molecule has 0 unspecified atom stereocenters. The molecule has 2 aliphatic rings. The third kappa shape index (κ3) is 6.27. The maximum atomic E-state index is 7.50. The zero-order valence-corrected chi connectivity index (χ0v) is 38.1. The zero-order chi connectivity index (χ0) is 46.1. The molecule has 0 saturated heterocycles. The van der Waals surface area contributed by atoms with Gasteiger partial charge in [-0.25, -0.2) is 0 Å². The summed E-state index contributed by atoms with van der Waals surface area (Å²) >= 11 is 0. The average molecular weight is 895 g/mol. The fourth-order valence-electron chi connectivity index (χ4n) is 11.2. The Kier molecular flexibility index (Phi) is 9.24. The van der Waals surface area contributed by atoms with Gasteiger partial charge >= 0.3 is 0 Å². The van der Waals surface area contributed by atoms with Crippen molar-refractivity contribution in [1.29, 1.82) is 0 Å². The zero-order valence-electron chi connectivity index (χ0n) is 38.1. The standard InChI is InChI=1S/C64H43BN4O/c1-7-23-44(24-8-1)66(45-25-9-2-10-26-45)50-39-59-64-62(40-50)70-61-43-58-54(52-36-21-22-38-56(52)68(58)48-31-15-5-16-32-48)41-55(61)65(64)63-53-37-20-19-35-51(53)57(42-60(63)69(59)49-33-17-6-18-34-49)67(46-27-11-3-12-28-46)47-29-13-4-14-30-47/h1-43H. The first-order chi connectivity index (χ1) is 34.8. The first kappa shape index (κ1) is 39.9. The topological polar surface area (TPSA) is 23.9 Å². The second-order valence-corrected chi connectivity index (χ2v) is 18.1. The number of para-hydroxylation sites is 7. The van der Waals surface area contributed by atoms with E-state index in [-0.39, 0.29) is 6.71 Å². The van der Waals surface area contributed by atoms with Gasteiger partial charge in [0.25, 0.3) is 6.71 Å². The van der Waals surface area contributed by atoms with E-state index in [4.69, 9.17) is 4.74 Å². The fourth-order valence-corrected chi connectivity index (χ4v) is 11.2. The van der Waals surface area contributed by atoms with Crippen LogP contribution in [0.3, 0.4) is 0 Å². The number of fused-ring (bicyclic) bond motifs is 9. The van der Waals surface area contributed by atoms with Crippen molar-refractivity contribution < 1.29 is 4.74 Å². The lowest BCUT2D eigenvalue weighted by Gasteiger charge is -2.42. The summed E-state index contributed by atoms with van der Waals surface area (Å²) in [5.41, 5.74) is 16.5. The summed E-state index contributed by atoms with van der Waals surface area (Å²) in [4.78, 5) is 7.24. The lowest BCUT2D eigenvalue weighted by molar-refractivity contribution is 0.488. The molecular weight excluding hydrogens is 852 g/mol. The minimum Gasteiger partial charge on any atom is -0.458 e. The minimum absolute atomic E-state index is 0.191. The molecule has 5 nitrogen and oxygen atoms in total. The lowest BCUT2D eigenvalue weighted by Crippen LogP contribution is -2.59. The normalized spacial score (nSPS) is 12.3. The molecule has 3 heterocycles. The van der Waals surface area contributed by atoms with Gasteiger partial charge in [-0.2, -0.15) is 0 Å². The SMILES string of the molecule is c1ccc(N(c2ccccc2)c2cc3c4c(c2)N(c2ccccc2)c2cc(N(c5ccccc5)c5ccccc5)c5ccccc5c2B4c2cc4c5ccccc5n(-c5ccccc5)c4cc2O3)cc1. The second-order valence-electron chi connectivity index (χ2n) is 18.1. The van der Waals surface area contributed by atoms with Crippen molar-refractivity contribution in [3.63, 3.8) is 0 Å². The molecule has 1 aromatic heterocycles. The molecule has 6 heteroatoms. The van der Waals surface area contributed by atoms with Gasteiger partial charge in [-0.3, -0.25) is 0 Å². The summed E-state index contributed by atoms with van der Waals surface area (Å²) in [5, 5.41) is 4.75. The van der Waals surface area contributed by atoms with Gasteiger partial charge in [0, 0.05) is 73.8 Å². The number of benzene rings is 11. The summed E-state index contributed by atoms with van der Waals surface area (Å²) < 4.78 is 9.88. The number of nitrogens with zero attached hydrogens (tertiary/aromatic N) is 4. The molecule has 0 saturated carbocycles. The van der Waals surface area contributed by atoms with Crippen molar-refractivity contribution in [2.75, 3.05) is 14.7 Å². The number of rotatable bonds is 8. The molecule has 0 radical (unpaired) electrons. The number of anilines is 9. The van der Waals surface area contributed by atoms with E-state index in [1.807, 2.05) is 0 Å². The fraction of sp³-hybridized carbons (Fsp3) is 0. The van der Waals surface area contributed by atoms with E-state index in [9.17, 15) is 0 Å². The highest BCUT2D eigenvalue weighted by atomic mass is 16.5. The van der Waals surface area contributed by atoms with Crippen LogP contribution in [0.5, 0.6) is 11.5 Å². The molecule has 328 valence electrons. The molecular formula is C64H43BN4O. The minimum atomic E-state index is -0.191. The quantitative estimate of drug-likeness (QED) is 0.142. The summed E-state index contributed by atoms with van der Waals surface area (Å²) in [7, 11) is 0. The Morgan fingerprint density at radius 3 is 1.41 bits per heavy atom. The van der Waals surface area contributed by atoms with Gasteiger partial charge in [0.1, 0.15) is 11.5 Å². The van der Waals surface area contributed by atoms with E-state index in [1.165, 1.54) is 21.6 Å². The molecule has 0 aliphatic carbocycles. The Balaban J connectivity index is 1.12. The second kappa shape index (κ2) is 16.2. The first-order valence-electron chi connectivity index (χ1n) is 24.0. The van der Waals surface area contributed by atoms with Crippen LogP contribution in [-0.2, 0) is 0 Å². The number of hydrogen-bond donors (Lipinski definition) is 0. The number of ether oxygens (including phenoxy) is 1. The molecule has 0 fully saturated rings. The highest BCUT2D eigenvalue weighted by molar-refractivity contribution is 7.00. The molecule has 0 amide bonds. The third-order valence-electron chi connectivity index (χ3n) is 14.1. The van der Waals surface area contributed by atoms with Crippen LogP contribution in [-0.4, -0.2) is 11.3 Å². The Hall–Kier alpha value is -9.26. The monoisotopic (exact) mass is 894 g/mol. The van der Waals surface area contributed by atoms with Crippen LogP contribution in [0, 0.1) is 0 Å². The Bertz CT molecular complexity index is 3840. The van der Waals surface area contributed by atoms with Gasteiger partial charge in [0.15, 0.2) is 0 Å². The Morgan fingerprint density at radius 1 is 0.329 bits per heavy atom. The maximum absolute atomic E-state index is 7.50. The van der Waals surface area contributed by atoms with E-state index >= 15 is 0 Å². The highest BCUT2D eigenvalue weighted by Crippen LogP contribution is 2.50. The molecule has 0 spiro atoms. The summed E-state index contributed by atoms with van der Waals surface area (Å²) in [6.07, 6.45) is 0. The first-order valence-corrected chi connectivity index (χ1v) is 24.0. The van der Waals surface area contributed by atoms with Crippen LogP contribution in [0.4, 0.5) is 51.2 Å². The van der Waals surface area contributed by atoms with Gasteiger partial charge in [-0.05, 0) is 113 Å². The van der Waals surface area contributed by atoms with Crippen LogP contribution < -0.4 is 35.8 Å². The number of aromatic nitrogens is 1. The predicted molar refractivity (Wildman–Crippen MR) is 294 cm³/mol. The molecule has 11 aromatic carbocycles. The molecule has 14 rings (SSSR count). The van der Waals surface area contributed by atoms with Crippen LogP contribution in [0.1, 0.15) is 0 Å². The molecule has 0 atom stereocenters. The molecule has 2 aliphatic heterocycles. The van der Waals surface area contributed by atoms with Gasteiger partial charge in [0.05, 0.1) is 22.4 Å². The molecule has 12 aromatic rings. The van der Waals surface area contributed by atoms with Crippen molar-refractivity contribution >= 4 is 107 Å². The van der Waals surface area contributed by atoms with E-state index in [0.29, 0.717) is 0 Å². The van der Waals surface area contributed by atoms with Crippen LogP contribution in [0.15, 0.2) is 261 Å². The number of hydrogen-bond acceptors (Lipinski definition) is 4. The van der Waals surface area contributed by atoms with Crippen LogP contribution in [0.2, 0.25) is 0 Å². The van der Waals surface area contributed by atoms with Crippen molar-refractivity contribution in [2.24, 2.45) is 0 Å². The third-order valence-corrected chi connectivity index (χ3v) is 14.1. The molecule has 0 bridgehead atoms. The summed E-state index contributed by atoms with van der Waals surface area (Å²) in [6, 6.07) is 94.0. The highest BCUT2D eigenvalue weighted by Gasteiger charge is 2.44. The van der Waals surface area contributed by atoms with Gasteiger partial charge < -0.3 is 24.0 Å². The summed E-state index contributed by atoms with van der Waals surface area (Å²) in [6.45, 7) is -0.191. The molecule has 0 N–H and O–H groups in total. The largest absolute Gasteiger partial charge is 0.458 e. The van der Waals surface area contributed by atoms with Gasteiger partial charge in [-0.1, -0.05) is 158 Å². The van der Waals surface area contributed by atoms with Crippen molar-refractivity contribution in [3.05, 3.63) is 261 Å². The van der Waals surface area contributed by atoms with Crippen molar-refractivity contribution in [1.82, 2.24) is 4.57 Å². The Morgan fingerprint density at radius 2 is 0.814 bits per heavy atom. The summed E-state index contributed by atoms with van der Waals surface area (Å²) in [5.74, 6) is 1.68. The molecule has 70 heavy (non-hydrogen) atoms. The smallest absolute Gasteiger partial charge is 0.257 e. The van der Waals surface area contributed by atoms with Crippen molar-refractivity contribution in [2.45, 2.75) is 0 Å². The lowest BCUT2D eigenvalue weighted by atomic mass is 9.33. The average Bonchev–Trinajstić information content (AvgIpc) is 3.75. The van der Waals surface area contributed by atoms with E-state index in [1.54, 1.807) is 0 Å². The van der Waals surface area contributed by atoms with E-state index in [2.05, 4.69) is 280 Å². The van der Waals surface area contributed by atoms with Gasteiger partial charge in [-0.15, -0.1) is 0 Å². The van der Waals surface area contributed by atoms with E-state index < -0.39 is 0 Å². The Labute approximate surface area is 407 Å². The van der Waals surface area contributed by atoms with Crippen LogP contribution >= 0.6 is 0 Å². The van der Waals surface area contributed by atoms with Gasteiger partial charge in [0.2, 0.25) is 0 Å². The van der Waals surface area contributed by atoms with Crippen LogP contribution in [0.25, 0.3) is 38.3 Å². The van der Waals surface area contributed by atoms with Crippen molar-refractivity contribution in [3.8, 4) is 17.2 Å².